The molecule has 0 aliphatic heterocycles. The zero-order valence-electron chi connectivity index (χ0n) is 8.93. The summed E-state index contributed by atoms with van der Waals surface area (Å²) in [5.41, 5.74) is -0.542. The summed E-state index contributed by atoms with van der Waals surface area (Å²) in [5.74, 6) is 0. The minimum absolute atomic E-state index is 0.0458. The highest BCUT2D eigenvalue weighted by Crippen LogP contribution is 2.21. The zero-order valence-corrected chi connectivity index (χ0v) is 10.5. The van der Waals surface area contributed by atoms with Gasteiger partial charge in [0.25, 0.3) is 0 Å². The summed E-state index contributed by atoms with van der Waals surface area (Å²) in [7, 11) is 0. The van der Waals surface area contributed by atoms with E-state index in [1.807, 2.05) is 0 Å². The van der Waals surface area contributed by atoms with Gasteiger partial charge in [-0.15, -0.1) is 0 Å². The minimum Gasteiger partial charge on any atom is -0.439 e. The van der Waals surface area contributed by atoms with E-state index in [1.165, 1.54) is 0 Å². The Labute approximate surface area is 110 Å². The highest BCUT2D eigenvalue weighted by Gasteiger charge is 2.20. The molecule has 0 spiro atoms. The van der Waals surface area contributed by atoms with Gasteiger partial charge in [-0.2, -0.15) is 9.97 Å². The van der Waals surface area contributed by atoms with E-state index in [-0.39, 0.29) is 11.3 Å². The number of rotatable bonds is 4. The molecule has 18 heavy (non-hydrogen) atoms. The highest BCUT2D eigenvalue weighted by molar-refractivity contribution is 7.79. The van der Waals surface area contributed by atoms with Gasteiger partial charge in [-0.1, -0.05) is 30.3 Å². The molecular weight excluding hydrogens is 278 g/mol. The van der Waals surface area contributed by atoms with Crippen LogP contribution in [0.5, 0.6) is 6.01 Å². The van der Waals surface area contributed by atoms with Crippen molar-refractivity contribution < 1.29 is 13.5 Å². The molecule has 1 heterocycles. The molecule has 8 heteroatoms. The number of hydrogen-bond donors (Lipinski definition) is 1. The van der Waals surface area contributed by atoms with Crippen LogP contribution >= 0.6 is 11.6 Å². The van der Waals surface area contributed by atoms with Crippen molar-refractivity contribution >= 4 is 22.7 Å². The fourth-order valence-electron chi connectivity index (χ4n) is 1.25. The lowest BCUT2D eigenvalue weighted by atomic mass is 10.2. The van der Waals surface area contributed by atoms with Crippen molar-refractivity contribution in [2.45, 2.75) is 5.44 Å². The molecular formula is C10H8ClN3O3S. The first-order valence-corrected chi connectivity index (χ1v) is 6.37. The molecule has 1 N–H and O–H groups in total. The van der Waals surface area contributed by atoms with Gasteiger partial charge in [0.2, 0.25) is 10.7 Å². The van der Waals surface area contributed by atoms with Crippen molar-refractivity contribution in [2.75, 3.05) is 0 Å². The third kappa shape index (κ3) is 3.22. The van der Waals surface area contributed by atoms with E-state index in [0.717, 1.165) is 6.33 Å². The maximum atomic E-state index is 11.3. The molecule has 94 valence electrons. The van der Waals surface area contributed by atoms with Gasteiger partial charge in [-0.3, -0.25) is 0 Å². The second kappa shape index (κ2) is 5.85. The van der Waals surface area contributed by atoms with E-state index in [2.05, 4.69) is 15.0 Å². The molecule has 0 aliphatic rings. The monoisotopic (exact) mass is 285 g/mol. The maximum Gasteiger partial charge on any atom is 0.322 e. The topological polar surface area (TPSA) is 85.2 Å². The number of nitrogens with zero attached hydrogens (tertiary/aromatic N) is 3. The molecule has 0 saturated heterocycles. The smallest absolute Gasteiger partial charge is 0.322 e. The van der Waals surface area contributed by atoms with Crippen LogP contribution < -0.4 is 4.74 Å². The van der Waals surface area contributed by atoms with Crippen molar-refractivity contribution in [3.05, 3.63) is 47.5 Å². The fourth-order valence-corrected chi connectivity index (χ4v) is 1.93. The normalized spacial score (nSPS) is 13.9. The first kappa shape index (κ1) is 12.9. The Kier molecular flexibility index (Phi) is 4.19. The van der Waals surface area contributed by atoms with E-state index in [9.17, 15) is 8.76 Å². The predicted molar refractivity (Wildman–Crippen MR) is 65.4 cm³/mol. The first-order chi connectivity index (χ1) is 8.66. The number of aromatic nitrogens is 3. The van der Waals surface area contributed by atoms with Crippen molar-refractivity contribution in [3.8, 4) is 6.01 Å². The van der Waals surface area contributed by atoms with Gasteiger partial charge in [0.05, 0.1) is 0 Å². The Morgan fingerprint density at radius 3 is 2.61 bits per heavy atom. The molecule has 0 bridgehead atoms. The predicted octanol–water partition coefficient (Wildman–Crippen LogP) is 1.82. The van der Waals surface area contributed by atoms with Crippen molar-refractivity contribution in [1.82, 2.24) is 15.0 Å². The molecule has 0 fully saturated rings. The lowest BCUT2D eigenvalue weighted by molar-refractivity contribution is 0.253. The lowest BCUT2D eigenvalue weighted by Crippen LogP contribution is -2.14. The van der Waals surface area contributed by atoms with Crippen LogP contribution in [0, 0.1) is 0 Å². The lowest BCUT2D eigenvalue weighted by Gasteiger charge is -2.13. The third-order valence-corrected chi connectivity index (χ3v) is 2.90. The fraction of sp³-hybridized carbons (Fsp3) is 0.100. The van der Waals surface area contributed by atoms with Gasteiger partial charge in [0.1, 0.15) is 6.33 Å². The Morgan fingerprint density at radius 1 is 1.28 bits per heavy atom. The summed E-state index contributed by atoms with van der Waals surface area (Å²) in [6.45, 7) is 0. The molecule has 6 nitrogen and oxygen atoms in total. The van der Waals surface area contributed by atoms with Crippen molar-refractivity contribution in [1.29, 1.82) is 0 Å². The highest BCUT2D eigenvalue weighted by atomic mass is 35.5. The van der Waals surface area contributed by atoms with Crippen LogP contribution in [0.25, 0.3) is 0 Å². The molecule has 2 aromatic rings. The van der Waals surface area contributed by atoms with Crippen molar-refractivity contribution in [3.63, 3.8) is 0 Å². The van der Waals surface area contributed by atoms with Crippen LogP contribution in [0.4, 0.5) is 0 Å². The SMILES string of the molecule is O=S(O)C(Oc1ncnc(Cl)n1)c1ccccc1. The van der Waals surface area contributed by atoms with Crippen LogP contribution in [0.15, 0.2) is 36.7 Å². The Morgan fingerprint density at radius 2 is 2.00 bits per heavy atom. The number of halogens is 1. The molecule has 0 aliphatic carbocycles. The Hall–Kier alpha value is -1.57. The maximum absolute atomic E-state index is 11.3. The summed E-state index contributed by atoms with van der Waals surface area (Å²) in [5, 5.41) is -0.0458. The van der Waals surface area contributed by atoms with Crippen LogP contribution in [0.3, 0.4) is 0 Å². The molecule has 2 unspecified atom stereocenters. The van der Waals surface area contributed by atoms with Gasteiger partial charge in [-0.05, 0) is 11.6 Å². The second-order valence-electron chi connectivity index (χ2n) is 3.17. The zero-order chi connectivity index (χ0) is 13.0. The molecule has 1 aromatic heterocycles. The molecule has 2 rings (SSSR count). The molecule has 0 amide bonds. The van der Waals surface area contributed by atoms with Gasteiger partial charge >= 0.3 is 6.01 Å². The minimum atomic E-state index is -2.23. The average Bonchev–Trinajstić information content (AvgIpc) is 2.37. The Balaban J connectivity index is 2.25. The summed E-state index contributed by atoms with van der Waals surface area (Å²) < 4.78 is 25.8. The van der Waals surface area contributed by atoms with Crippen LogP contribution in [0.1, 0.15) is 11.0 Å². The van der Waals surface area contributed by atoms with Gasteiger partial charge in [-0.25, -0.2) is 9.19 Å². The van der Waals surface area contributed by atoms with E-state index >= 15 is 0 Å². The number of hydrogen-bond acceptors (Lipinski definition) is 5. The van der Waals surface area contributed by atoms with Crippen LogP contribution in [-0.4, -0.2) is 23.7 Å². The third-order valence-electron chi connectivity index (χ3n) is 1.99. The molecule has 2 atom stereocenters. The molecule has 0 radical (unpaired) electrons. The van der Waals surface area contributed by atoms with Crippen LogP contribution in [0.2, 0.25) is 5.28 Å². The van der Waals surface area contributed by atoms with Crippen molar-refractivity contribution in [2.24, 2.45) is 0 Å². The van der Waals surface area contributed by atoms with Gasteiger partial charge in [0, 0.05) is 5.56 Å². The van der Waals surface area contributed by atoms with Gasteiger partial charge < -0.3 is 9.29 Å². The van der Waals surface area contributed by atoms with E-state index in [1.54, 1.807) is 30.3 Å². The summed E-state index contributed by atoms with van der Waals surface area (Å²) in [6, 6.07) is 8.49. The Bertz CT molecular complexity index is 555. The second-order valence-corrected chi connectivity index (χ2v) is 4.49. The molecule has 1 aromatic carbocycles. The summed E-state index contributed by atoms with van der Waals surface area (Å²) in [6.07, 6.45) is 1.16. The summed E-state index contributed by atoms with van der Waals surface area (Å²) >= 11 is 3.35. The quantitative estimate of drug-likeness (QED) is 0.863. The summed E-state index contributed by atoms with van der Waals surface area (Å²) in [4.78, 5) is 11.0. The number of benzene rings is 1. The van der Waals surface area contributed by atoms with E-state index < -0.39 is 16.5 Å². The van der Waals surface area contributed by atoms with Gasteiger partial charge in [0.15, 0.2) is 11.1 Å². The first-order valence-electron chi connectivity index (χ1n) is 4.82. The molecule has 0 saturated carbocycles. The largest absolute Gasteiger partial charge is 0.439 e. The average molecular weight is 286 g/mol. The van der Waals surface area contributed by atoms with E-state index in [0.29, 0.717) is 5.56 Å². The van der Waals surface area contributed by atoms with E-state index in [4.69, 9.17) is 16.3 Å². The van der Waals surface area contributed by atoms with Crippen LogP contribution in [-0.2, 0) is 11.1 Å². The number of ether oxygens (including phenoxy) is 1. The standard InChI is InChI=1S/C10H8ClN3O3S/c11-9-12-6-13-10(14-9)17-8(18(15)16)7-4-2-1-3-5-7/h1-6,8H,(H,15,16).